The molecule has 0 aromatic heterocycles. The molecule has 2 aromatic rings. The lowest BCUT2D eigenvalue weighted by atomic mass is 10.1. The van der Waals surface area contributed by atoms with Crippen molar-refractivity contribution < 1.29 is 9.47 Å². The summed E-state index contributed by atoms with van der Waals surface area (Å²) in [6, 6.07) is 15.7. The fraction of sp³-hybridized carbons (Fsp3) is 0.222. The lowest BCUT2D eigenvalue weighted by Gasteiger charge is -2.10. The van der Waals surface area contributed by atoms with Gasteiger partial charge in [0.15, 0.2) is 11.5 Å². The van der Waals surface area contributed by atoms with Gasteiger partial charge in [0, 0.05) is 5.56 Å². The van der Waals surface area contributed by atoms with Gasteiger partial charge in [-0.25, -0.2) is 0 Å². The third-order valence-corrected chi connectivity index (χ3v) is 2.97. The van der Waals surface area contributed by atoms with Crippen LogP contribution in [0, 0.1) is 11.8 Å². The van der Waals surface area contributed by atoms with Crippen molar-refractivity contribution in [1.82, 2.24) is 0 Å². The lowest BCUT2D eigenvalue weighted by molar-refractivity contribution is 0.330. The highest BCUT2D eigenvalue weighted by molar-refractivity contribution is 5.43. The van der Waals surface area contributed by atoms with Gasteiger partial charge in [-0.2, -0.15) is 0 Å². The molecule has 108 valence electrons. The molecule has 2 N–H and O–H groups in total. The van der Waals surface area contributed by atoms with Crippen LogP contribution >= 0.6 is 0 Å². The number of hydrogen-bond donors (Lipinski definition) is 1. The Morgan fingerprint density at radius 3 is 2.57 bits per heavy atom. The molecule has 3 heteroatoms. The predicted molar refractivity (Wildman–Crippen MR) is 84.6 cm³/mol. The zero-order chi connectivity index (χ0) is 14.9. The van der Waals surface area contributed by atoms with Crippen molar-refractivity contribution in [2.75, 3.05) is 20.3 Å². The van der Waals surface area contributed by atoms with E-state index in [0.29, 0.717) is 24.7 Å². The molecule has 3 nitrogen and oxygen atoms in total. The summed E-state index contributed by atoms with van der Waals surface area (Å²) in [7, 11) is 1.63. The molecule has 0 spiro atoms. The number of rotatable bonds is 5. The quantitative estimate of drug-likeness (QED) is 0.857. The zero-order valence-corrected chi connectivity index (χ0v) is 12.1. The summed E-state index contributed by atoms with van der Waals surface area (Å²) in [6.45, 7) is 0.927. The molecular formula is C18H19NO2. The van der Waals surface area contributed by atoms with Crippen molar-refractivity contribution in [1.29, 1.82) is 0 Å². The maximum atomic E-state index is 5.70. The third-order valence-electron chi connectivity index (χ3n) is 2.97. The smallest absolute Gasteiger partial charge is 0.162 e. The van der Waals surface area contributed by atoms with Crippen LogP contribution in [-0.4, -0.2) is 20.3 Å². The second-order valence-corrected chi connectivity index (χ2v) is 4.48. The topological polar surface area (TPSA) is 44.5 Å². The molecular weight excluding hydrogens is 262 g/mol. The Bertz CT molecular complexity index is 627. The minimum Gasteiger partial charge on any atom is -0.493 e. The number of benzene rings is 2. The minimum absolute atomic E-state index is 0.317. The molecule has 0 aliphatic heterocycles. The van der Waals surface area contributed by atoms with E-state index in [1.807, 2.05) is 48.5 Å². The van der Waals surface area contributed by atoms with Crippen molar-refractivity contribution in [3.8, 4) is 23.3 Å². The first-order valence-corrected chi connectivity index (χ1v) is 6.87. The average Bonchev–Trinajstić information content (AvgIpc) is 2.53. The van der Waals surface area contributed by atoms with Crippen LogP contribution in [0.4, 0.5) is 0 Å². The van der Waals surface area contributed by atoms with E-state index < -0.39 is 0 Å². The van der Waals surface area contributed by atoms with Crippen LogP contribution in [-0.2, 0) is 6.42 Å². The monoisotopic (exact) mass is 281 g/mol. The van der Waals surface area contributed by atoms with Gasteiger partial charge in [-0.1, -0.05) is 36.1 Å². The summed E-state index contributed by atoms with van der Waals surface area (Å²) in [6.07, 6.45) is 0.816. The Morgan fingerprint density at radius 2 is 1.86 bits per heavy atom. The fourth-order valence-corrected chi connectivity index (χ4v) is 1.93. The van der Waals surface area contributed by atoms with Crippen LogP contribution < -0.4 is 15.2 Å². The van der Waals surface area contributed by atoms with Gasteiger partial charge in [0.2, 0.25) is 0 Å². The van der Waals surface area contributed by atoms with E-state index in [2.05, 4.69) is 11.8 Å². The van der Waals surface area contributed by atoms with Gasteiger partial charge in [-0.05, 0) is 42.8 Å². The van der Waals surface area contributed by atoms with E-state index in [-0.39, 0.29) is 0 Å². The van der Waals surface area contributed by atoms with Gasteiger partial charge >= 0.3 is 0 Å². The van der Waals surface area contributed by atoms with Gasteiger partial charge < -0.3 is 15.2 Å². The summed E-state index contributed by atoms with van der Waals surface area (Å²) < 4.78 is 11.0. The lowest BCUT2D eigenvalue weighted by Crippen LogP contribution is -2.04. The van der Waals surface area contributed by atoms with Crippen LogP contribution in [0.5, 0.6) is 11.5 Å². The number of nitrogens with two attached hydrogens (primary N) is 1. The van der Waals surface area contributed by atoms with Crippen molar-refractivity contribution in [2.24, 2.45) is 5.73 Å². The Morgan fingerprint density at radius 1 is 1.05 bits per heavy atom. The largest absolute Gasteiger partial charge is 0.493 e. The third kappa shape index (κ3) is 4.55. The van der Waals surface area contributed by atoms with Gasteiger partial charge in [-0.3, -0.25) is 0 Å². The van der Waals surface area contributed by atoms with E-state index in [1.54, 1.807) is 7.11 Å². The summed E-state index contributed by atoms with van der Waals surface area (Å²) in [5.74, 6) is 7.46. The second-order valence-electron chi connectivity index (χ2n) is 4.48. The van der Waals surface area contributed by atoms with Crippen molar-refractivity contribution in [2.45, 2.75) is 6.42 Å². The van der Waals surface area contributed by atoms with E-state index >= 15 is 0 Å². The Hall–Kier alpha value is -2.44. The van der Waals surface area contributed by atoms with Gasteiger partial charge in [0.25, 0.3) is 0 Å². The van der Waals surface area contributed by atoms with Crippen molar-refractivity contribution in [3.63, 3.8) is 0 Å². The number of ether oxygens (including phenoxy) is 2. The molecule has 0 saturated heterocycles. The number of hydrogen-bond acceptors (Lipinski definition) is 3. The van der Waals surface area contributed by atoms with Gasteiger partial charge in [-0.15, -0.1) is 0 Å². The SMILES string of the molecule is COc1ccc(CCN)cc1OCC#Cc1ccccc1. The van der Waals surface area contributed by atoms with E-state index in [9.17, 15) is 0 Å². The van der Waals surface area contributed by atoms with Gasteiger partial charge in [0.1, 0.15) is 6.61 Å². The average molecular weight is 281 g/mol. The van der Waals surface area contributed by atoms with E-state index in [0.717, 1.165) is 17.5 Å². The van der Waals surface area contributed by atoms with E-state index in [1.165, 1.54) is 0 Å². The molecule has 2 rings (SSSR count). The Kier molecular flexibility index (Phi) is 5.69. The molecule has 0 amide bonds. The molecule has 0 aliphatic carbocycles. The molecule has 0 fully saturated rings. The fourth-order valence-electron chi connectivity index (χ4n) is 1.93. The highest BCUT2D eigenvalue weighted by atomic mass is 16.5. The van der Waals surface area contributed by atoms with Crippen molar-refractivity contribution >= 4 is 0 Å². The first-order valence-electron chi connectivity index (χ1n) is 6.87. The summed E-state index contributed by atoms with van der Waals surface area (Å²) >= 11 is 0. The molecule has 0 bridgehead atoms. The normalized spacial score (nSPS) is 9.62. The molecule has 21 heavy (non-hydrogen) atoms. The summed E-state index contributed by atoms with van der Waals surface area (Å²) in [5, 5.41) is 0. The van der Waals surface area contributed by atoms with Crippen molar-refractivity contribution in [3.05, 3.63) is 59.7 Å². The second kappa shape index (κ2) is 7.98. The highest BCUT2D eigenvalue weighted by Gasteiger charge is 2.04. The minimum atomic E-state index is 0.317. The predicted octanol–water partition coefficient (Wildman–Crippen LogP) is 2.63. The highest BCUT2D eigenvalue weighted by Crippen LogP contribution is 2.28. The van der Waals surface area contributed by atoms with Crippen LogP contribution in [0.2, 0.25) is 0 Å². The zero-order valence-electron chi connectivity index (χ0n) is 12.1. The molecule has 2 aromatic carbocycles. The summed E-state index contributed by atoms with van der Waals surface area (Å²) in [5.41, 5.74) is 7.68. The molecule has 0 atom stereocenters. The molecule has 0 aliphatic rings. The maximum absolute atomic E-state index is 5.70. The standard InChI is InChI=1S/C18H19NO2/c1-20-17-10-9-16(11-12-19)14-18(17)21-13-5-8-15-6-3-2-4-7-15/h2-4,6-7,9-10,14H,11-13,19H2,1H3. The van der Waals surface area contributed by atoms with Crippen LogP contribution in [0.1, 0.15) is 11.1 Å². The molecule has 0 radical (unpaired) electrons. The first kappa shape index (κ1) is 15.0. The van der Waals surface area contributed by atoms with E-state index in [4.69, 9.17) is 15.2 Å². The first-order chi connectivity index (χ1) is 10.3. The molecule has 0 unspecified atom stereocenters. The number of methoxy groups -OCH3 is 1. The Labute approximate surface area is 125 Å². The van der Waals surface area contributed by atoms with Crippen LogP contribution in [0.25, 0.3) is 0 Å². The summed E-state index contributed by atoms with van der Waals surface area (Å²) in [4.78, 5) is 0. The maximum Gasteiger partial charge on any atom is 0.162 e. The Balaban J connectivity index is 2.02. The van der Waals surface area contributed by atoms with Crippen LogP contribution in [0.3, 0.4) is 0 Å². The molecule has 0 heterocycles. The van der Waals surface area contributed by atoms with Crippen LogP contribution in [0.15, 0.2) is 48.5 Å². The molecule has 0 saturated carbocycles. The van der Waals surface area contributed by atoms with Gasteiger partial charge in [0.05, 0.1) is 7.11 Å².